The van der Waals surface area contributed by atoms with Crippen molar-refractivity contribution in [1.82, 2.24) is 4.90 Å². The van der Waals surface area contributed by atoms with E-state index in [1.807, 2.05) is 0 Å². The number of nitrogens with zero attached hydrogens (tertiary/aromatic N) is 1. The average molecular weight is 262 g/mol. The molecule has 0 aliphatic carbocycles. The van der Waals surface area contributed by atoms with E-state index in [1.165, 1.54) is 16.7 Å². The molecule has 2 N–H and O–H groups in total. The zero-order valence-corrected chi connectivity index (χ0v) is 12.4. The maximum atomic E-state index is 6.37. The zero-order chi connectivity index (χ0) is 13.8. The molecule has 1 saturated heterocycles. The van der Waals surface area contributed by atoms with Gasteiger partial charge in [0.15, 0.2) is 0 Å². The van der Waals surface area contributed by atoms with Crippen LogP contribution in [0.3, 0.4) is 0 Å². The van der Waals surface area contributed by atoms with E-state index in [2.05, 4.69) is 43.9 Å². The van der Waals surface area contributed by atoms with Gasteiger partial charge in [0.2, 0.25) is 0 Å². The second-order valence-electron chi connectivity index (χ2n) is 5.69. The quantitative estimate of drug-likeness (QED) is 0.905. The van der Waals surface area contributed by atoms with Gasteiger partial charge in [0.1, 0.15) is 0 Å². The standard InChI is InChI=1S/C16H26N2O/c1-4-15-10-18(5-6-19-15)11-16(17)14-8-12(2)7-13(3)9-14/h7-9,15-16H,4-6,10-11,17H2,1-3H3. The number of aryl methyl sites for hydroxylation is 2. The van der Waals surface area contributed by atoms with Crippen LogP contribution in [0.5, 0.6) is 0 Å². The molecule has 1 aliphatic heterocycles. The van der Waals surface area contributed by atoms with Crippen LogP contribution < -0.4 is 5.73 Å². The Balaban J connectivity index is 1.98. The van der Waals surface area contributed by atoms with E-state index in [4.69, 9.17) is 10.5 Å². The Morgan fingerprint density at radius 1 is 1.32 bits per heavy atom. The first-order chi connectivity index (χ1) is 9.08. The monoisotopic (exact) mass is 262 g/mol. The summed E-state index contributed by atoms with van der Waals surface area (Å²) in [7, 11) is 0. The minimum atomic E-state index is 0.0919. The van der Waals surface area contributed by atoms with Gasteiger partial charge in [0, 0.05) is 25.7 Å². The Morgan fingerprint density at radius 3 is 2.63 bits per heavy atom. The molecular formula is C16H26N2O. The fraction of sp³-hybridized carbons (Fsp3) is 0.625. The molecule has 0 aromatic heterocycles. The van der Waals surface area contributed by atoms with Gasteiger partial charge in [-0.15, -0.1) is 0 Å². The van der Waals surface area contributed by atoms with Crippen LogP contribution in [0.4, 0.5) is 0 Å². The Hall–Kier alpha value is -0.900. The molecule has 3 heteroatoms. The van der Waals surface area contributed by atoms with Crippen LogP contribution in [-0.2, 0) is 4.74 Å². The maximum Gasteiger partial charge on any atom is 0.0700 e. The van der Waals surface area contributed by atoms with Crippen LogP contribution >= 0.6 is 0 Å². The SMILES string of the molecule is CCC1CN(CC(N)c2cc(C)cc(C)c2)CCO1. The summed E-state index contributed by atoms with van der Waals surface area (Å²) < 4.78 is 5.70. The van der Waals surface area contributed by atoms with Crippen molar-refractivity contribution < 1.29 is 4.74 Å². The fourth-order valence-corrected chi connectivity index (χ4v) is 2.80. The predicted molar refractivity (Wildman–Crippen MR) is 79.3 cm³/mol. The first-order valence-electron chi connectivity index (χ1n) is 7.26. The molecule has 1 heterocycles. The summed E-state index contributed by atoms with van der Waals surface area (Å²) >= 11 is 0. The van der Waals surface area contributed by atoms with Crippen molar-refractivity contribution in [3.05, 3.63) is 34.9 Å². The zero-order valence-electron chi connectivity index (χ0n) is 12.4. The first kappa shape index (κ1) is 14.5. The third kappa shape index (κ3) is 4.03. The first-order valence-corrected chi connectivity index (χ1v) is 7.26. The van der Waals surface area contributed by atoms with E-state index in [9.17, 15) is 0 Å². The molecule has 0 radical (unpaired) electrons. The molecule has 1 aromatic rings. The molecule has 1 aliphatic rings. The number of benzene rings is 1. The van der Waals surface area contributed by atoms with Crippen LogP contribution in [0.15, 0.2) is 18.2 Å². The van der Waals surface area contributed by atoms with Crippen molar-refractivity contribution >= 4 is 0 Å². The molecule has 0 bridgehead atoms. The third-order valence-electron chi connectivity index (χ3n) is 3.81. The lowest BCUT2D eigenvalue weighted by Crippen LogP contribution is -2.44. The Kier molecular flexibility index (Phi) is 4.97. The average Bonchev–Trinajstić information content (AvgIpc) is 2.37. The van der Waals surface area contributed by atoms with E-state index in [1.54, 1.807) is 0 Å². The van der Waals surface area contributed by atoms with Crippen LogP contribution in [0.25, 0.3) is 0 Å². The summed E-state index contributed by atoms with van der Waals surface area (Å²) in [6, 6.07) is 6.69. The van der Waals surface area contributed by atoms with E-state index in [0.29, 0.717) is 6.10 Å². The van der Waals surface area contributed by atoms with Crippen molar-refractivity contribution in [1.29, 1.82) is 0 Å². The lowest BCUT2D eigenvalue weighted by atomic mass is 10.0. The molecule has 2 rings (SSSR count). The van der Waals surface area contributed by atoms with Crippen LogP contribution in [0.1, 0.15) is 36.1 Å². The van der Waals surface area contributed by atoms with Crippen molar-refractivity contribution in [2.24, 2.45) is 5.73 Å². The van der Waals surface area contributed by atoms with Crippen molar-refractivity contribution in [2.45, 2.75) is 39.3 Å². The molecule has 0 amide bonds. The summed E-state index contributed by atoms with van der Waals surface area (Å²) in [4.78, 5) is 2.43. The fourth-order valence-electron chi connectivity index (χ4n) is 2.80. The summed E-state index contributed by atoms with van der Waals surface area (Å²) in [6.45, 7) is 10.2. The molecule has 1 fully saturated rings. The normalized spacial score (nSPS) is 22.4. The highest BCUT2D eigenvalue weighted by molar-refractivity contribution is 5.30. The summed E-state index contributed by atoms with van der Waals surface area (Å²) in [5.74, 6) is 0. The molecule has 0 spiro atoms. The Bertz CT molecular complexity index is 399. The number of nitrogens with two attached hydrogens (primary N) is 1. The van der Waals surface area contributed by atoms with Crippen LogP contribution in [-0.4, -0.2) is 37.2 Å². The number of ether oxygens (including phenoxy) is 1. The Labute approximate surface area is 116 Å². The van der Waals surface area contributed by atoms with Gasteiger partial charge in [-0.25, -0.2) is 0 Å². The second-order valence-corrected chi connectivity index (χ2v) is 5.69. The minimum absolute atomic E-state index is 0.0919. The highest BCUT2D eigenvalue weighted by Crippen LogP contribution is 2.18. The van der Waals surface area contributed by atoms with Gasteiger partial charge in [-0.3, -0.25) is 4.90 Å². The van der Waals surface area contributed by atoms with Gasteiger partial charge < -0.3 is 10.5 Å². The number of hydrogen-bond donors (Lipinski definition) is 1. The van der Waals surface area contributed by atoms with Gasteiger partial charge in [-0.2, -0.15) is 0 Å². The molecule has 3 nitrogen and oxygen atoms in total. The van der Waals surface area contributed by atoms with Crippen molar-refractivity contribution in [3.8, 4) is 0 Å². The van der Waals surface area contributed by atoms with Crippen LogP contribution in [0.2, 0.25) is 0 Å². The molecule has 0 saturated carbocycles. The second kappa shape index (κ2) is 6.51. The topological polar surface area (TPSA) is 38.5 Å². The largest absolute Gasteiger partial charge is 0.376 e. The van der Waals surface area contributed by atoms with Gasteiger partial charge in [0.05, 0.1) is 12.7 Å². The molecular weight excluding hydrogens is 236 g/mol. The summed E-state index contributed by atoms with van der Waals surface area (Å²) in [5, 5.41) is 0. The molecule has 2 unspecified atom stereocenters. The van der Waals surface area contributed by atoms with Crippen molar-refractivity contribution in [3.63, 3.8) is 0 Å². The lowest BCUT2D eigenvalue weighted by molar-refractivity contribution is -0.0312. The summed E-state index contributed by atoms with van der Waals surface area (Å²) in [6.07, 6.45) is 1.45. The smallest absolute Gasteiger partial charge is 0.0700 e. The highest BCUT2D eigenvalue weighted by atomic mass is 16.5. The number of hydrogen-bond acceptors (Lipinski definition) is 3. The number of rotatable bonds is 4. The van der Waals surface area contributed by atoms with Gasteiger partial charge in [-0.05, 0) is 25.8 Å². The van der Waals surface area contributed by atoms with E-state index < -0.39 is 0 Å². The summed E-state index contributed by atoms with van der Waals surface area (Å²) in [5.41, 5.74) is 10.2. The van der Waals surface area contributed by atoms with E-state index in [0.717, 1.165) is 32.7 Å². The molecule has 1 aromatic carbocycles. The predicted octanol–water partition coefficient (Wildman–Crippen LogP) is 2.41. The highest BCUT2D eigenvalue weighted by Gasteiger charge is 2.21. The van der Waals surface area contributed by atoms with Crippen molar-refractivity contribution in [2.75, 3.05) is 26.2 Å². The van der Waals surface area contributed by atoms with Gasteiger partial charge in [0.25, 0.3) is 0 Å². The lowest BCUT2D eigenvalue weighted by Gasteiger charge is -2.34. The third-order valence-corrected chi connectivity index (χ3v) is 3.81. The molecule has 19 heavy (non-hydrogen) atoms. The maximum absolute atomic E-state index is 6.37. The Morgan fingerprint density at radius 2 is 2.00 bits per heavy atom. The molecule has 2 atom stereocenters. The molecule has 106 valence electrons. The van der Waals surface area contributed by atoms with E-state index >= 15 is 0 Å². The van der Waals surface area contributed by atoms with Crippen LogP contribution in [0, 0.1) is 13.8 Å². The number of morpholine rings is 1. The van der Waals surface area contributed by atoms with Gasteiger partial charge in [-0.1, -0.05) is 36.2 Å². The van der Waals surface area contributed by atoms with E-state index in [-0.39, 0.29) is 6.04 Å². The minimum Gasteiger partial charge on any atom is -0.376 e. The van der Waals surface area contributed by atoms with Gasteiger partial charge >= 0.3 is 0 Å².